The average Bonchev–Trinajstić information content (AvgIpc) is 3.00. The number of rotatable bonds is 7. The van der Waals surface area contributed by atoms with Crippen molar-refractivity contribution in [2.45, 2.75) is 32.8 Å². The van der Waals surface area contributed by atoms with E-state index < -0.39 is 0 Å². The number of hydrogen-bond acceptors (Lipinski definition) is 4. The first kappa shape index (κ1) is 18.0. The van der Waals surface area contributed by atoms with E-state index in [4.69, 9.17) is 9.47 Å². The van der Waals surface area contributed by atoms with Gasteiger partial charge in [0.2, 0.25) is 5.91 Å². The smallest absolute Gasteiger partial charge is 0.244 e. The fraction of sp³-hybridized carbons (Fsp3) is 0.333. The van der Waals surface area contributed by atoms with Gasteiger partial charge in [0, 0.05) is 48.5 Å². The zero-order valence-corrected chi connectivity index (χ0v) is 15.2. The van der Waals surface area contributed by atoms with Gasteiger partial charge in [0.05, 0.1) is 6.61 Å². The third kappa shape index (κ3) is 4.63. The molecule has 0 spiro atoms. The normalized spacial score (nSPS) is 15.5. The van der Waals surface area contributed by atoms with Gasteiger partial charge in [-0.1, -0.05) is 6.07 Å². The molecule has 2 heterocycles. The lowest BCUT2D eigenvalue weighted by atomic mass is 10.1. The molecule has 1 aliphatic heterocycles. The van der Waals surface area contributed by atoms with Crippen molar-refractivity contribution < 1.29 is 14.3 Å². The van der Waals surface area contributed by atoms with Crippen molar-refractivity contribution in [3.8, 4) is 11.5 Å². The van der Waals surface area contributed by atoms with Crippen LogP contribution in [0.2, 0.25) is 0 Å². The number of carbonyl (C=O) groups is 1. The lowest BCUT2D eigenvalue weighted by Gasteiger charge is -2.10. The minimum absolute atomic E-state index is 0.141. The summed E-state index contributed by atoms with van der Waals surface area (Å²) in [7, 11) is 0. The van der Waals surface area contributed by atoms with Gasteiger partial charge in [0.15, 0.2) is 0 Å². The van der Waals surface area contributed by atoms with Gasteiger partial charge in [0.1, 0.15) is 17.6 Å². The highest BCUT2D eigenvalue weighted by molar-refractivity contribution is 5.92. The van der Waals surface area contributed by atoms with Crippen molar-refractivity contribution in [1.29, 1.82) is 0 Å². The molecule has 2 aromatic rings. The van der Waals surface area contributed by atoms with Gasteiger partial charge in [-0.2, -0.15) is 0 Å². The molecule has 1 unspecified atom stereocenters. The summed E-state index contributed by atoms with van der Waals surface area (Å²) in [6.07, 6.45) is 6.81. The molecule has 0 saturated carbocycles. The summed E-state index contributed by atoms with van der Waals surface area (Å²) < 4.78 is 11.5. The van der Waals surface area contributed by atoms with Crippen LogP contribution >= 0.6 is 0 Å². The molecular formula is C21H24N2O3. The molecule has 1 amide bonds. The third-order valence-electron chi connectivity index (χ3n) is 4.15. The van der Waals surface area contributed by atoms with E-state index >= 15 is 0 Å². The number of ether oxygens (including phenoxy) is 2. The molecule has 0 saturated heterocycles. The van der Waals surface area contributed by atoms with E-state index in [0.29, 0.717) is 19.6 Å². The largest absolute Gasteiger partial charge is 0.493 e. The topological polar surface area (TPSA) is 60.5 Å². The Labute approximate surface area is 154 Å². The van der Waals surface area contributed by atoms with Gasteiger partial charge in [-0.05, 0) is 44.2 Å². The summed E-state index contributed by atoms with van der Waals surface area (Å²) in [5.41, 5.74) is 2.96. The van der Waals surface area contributed by atoms with Crippen molar-refractivity contribution in [3.05, 3.63) is 59.4 Å². The molecule has 1 aromatic heterocycles. The minimum atomic E-state index is -0.141. The average molecular weight is 352 g/mol. The van der Waals surface area contributed by atoms with Gasteiger partial charge in [-0.25, -0.2) is 0 Å². The maximum absolute atomic E-state index is 12.1. The lowest BCUT2D eigenvalue weighted by molar-refractivity contribution is -0.116. The van der Waals surface area contributed by atoms with Gasteiger partial charge in [0.25, 0.3) is 0 Å². The highest BCUT2D eigenvalue weighted by atomic mass is 16.5. The molecule has 1 aliphatic rings. The van der Waals surface area contributed by atoms with Crippen LogP contribution in [0.4, 0.5) is 0 Å². The van der Waals surface area contributed by atoms with Crippen LogP contribution in [0, 0.1) is 0 Å². The molecule has 0 radical (unpaired) electrons. The van der Waals surface area contributed by atoms with E-state index in [0.717, 1.165) is 34.7 Å². The van der Waals surface area contributed by atoms with Crippen molar-refractivity contribution in [1.82, 2.24) is 10.3 Å². The summed E-state index contributed by atoms with van der Waals surface area (Å²) in [5.74, 6) is 1.51. The second-order valence-electron chi connectivity index (χ2n) is 6.26. The zero-order chi connectivity index (χ0) is 18.4. The maximum Gasteiger partial charge on any atom is 0.244 e. The molecule has 5 heteroatoms. The SMILES string of the molecule is CCOc1cc2c(cc1C=CC(=O)NCCc1ccccn1)OC(C)C2. The predicted molar refractivity (Wildman–Crippen MR) is 101 cm³/mol. The van der Waals surface area contributed by atoms with E-state index in [1.165, 1.54) is 6.08 Å². The molecule has 136 valence electrons. The Hall–Kier alpha value is -2.82. The van der Waals surface area contributed by atoms with Gasteiger partial charge < -0.3 is 14.8 Å². The maximum atomic E-state index is 12.1. The van der Waals surface area contributed by atoms with Crippen molar-refractivity contribution in [2.75, 3.05) is 13.2 Å². The second kappa shape index (κ2) is 8.52. The summed E-state index contributed by atoms with van der Waals surface area (Å²) in [6, 6.07) is 9.72. The van der Waals surface area contributed by atoms with E-state index in [9.17, 15) is 4.79 Å². The Morgan fingerprint density at radius 3 is 3.08 bits per heavy atom. The first-order valence-corrected chi connectivity index (χ1v) is 8.98. The Kier molecular flexibility index (Phi) is 5.89. The molecule has 26 heavy (non-hydrogen) atoms. The number of carbonyl (C=O) groups excluding carboxylic acids is 1. The number of aromatic nitrogens is 1. The van der Waals surface area contributed by atoms with Crippen LogP contribution in [0.5, 0.6) is 11.5 Å². The molecule has 0 aliphatic carbocycles. The van der Waals surface area contributed by atoms with Crippen LogP contribution in [0.25, 0.3) is 6.08 Å². The molecule has 0 bridgehead atoms. The standard InChI is InChI=1S/C21H24N2O3/c1-3-25-19-14-17-12-15(2)26-20(17)13-16(19)7-8-21(24)23-11-9-18-6-4-5-10-22-18/h4-8,10,13-15H,3,9,11-12H2,1-2H3,(H,23,24). The molecule has 0 fully saturated rings. The van der Waals surface area contributed by atoms with E-state index in [-0.39, 0.29) is 12.0 Å². The summed E-state index contributed by atoms with van der Waals surface area (Å²) in [4.78, 5) is 16.3. The molecule has 1 N–H and O–H groups in total. The summed E-state index contributed by atoms with van der Waals surface area (Å²) >= 11 is 0. The van der Waals surface area contributed by atoms with Crippen molar-refractivity contribution in [2.24, 2.45) is 0 Å². The minimum Gasteiger partial charge on any atom is -0.493 e. The molecular weight excluding hydrogens is 328 g/mol. The summed E-state index contributed by atoms with van der Waals surface area (Å²) in [6.45, 7) is 5.12. The van der Waals surface area contributed by atoms with Gasteiger partial charge in [-0.3, -0.25) is 9.78 Å². The number of nitrogens with zero attached hydrogens (tertiary/aromatic N) is 1. The molecule has 5 nitrogen and oxygen atoms in total. The van der Waals surface area contributed by atoms with E-state index in [1.54, 1.807) is 12.3 Å². The Morgan fingerprint density at radius 1 is 1.42 bits per heavy atom. The van der Waals surface area contributed by atoms with Crippen LogP contribution in [0.1, 0.15) is 30.7 Å². The zero-order valence-electron chi connectivity index (χ0n) is 15.2. The lowest BCUT2D eigenvalue weighted by Crippen LogP contribution is -2.23. The molecule has 1 aromatic carbocycles. The van der Waals surface area contributed by atoms with Crippen LogP contribution in [0.15, 0.2) is 42.6 Å². The van der Waals surface area contributed by atoms with E-state index in [1.807, 2.05) is 44.2 Å². The first-order chi connectivity index (χ1) is 12.7. The van der Waals surface area contributed by atoms with Gasteiger partial charge in [-0.15, -0.1) is 0 Å². The molecule has 3 rings (SSSR count). The number of amides is 1. The highest BCUT2D eigenvalue weighted by Crippen LogP contribution is 2.35. The second-order valence-corrected chi connectivity index (χ2v) is 6.26. The molecule has 1 atom stereocenters. The quantitative estimate of drug-likeness (QED) is 0.778. The number of benzene rings is 1. The van der Waals surface area contributed by atoms with Gasteiger partial charge >= 0.3 is 0 Å². The van der Waals surface area contributed by atoms with E-state index in [2.05, 4.69) is 10.3 Å². The first-order valence-electron chi connectivity index (χ1n) is 8.98. The van der Waals surface area contributed by atoms with Crippen molar-refractivity contribution in [3.63, 3.8) is 0 Å². The fourth-order valence-corrected chi connectivity index (χ4v) is 2.95. The number of pyridine rings is 1. The fourth-order valence-electron chi connectivity index (χ4n) is 2.95. The Balaban J connectivity index is 1.61. The van der Waals surface area contributed by atoms with Crippen molar-refractivity contribution >= 4 is 12.0 Å². The number of nitrogens with one attached hydrogen (secondary N) is 1. The van der Waals surface area contributed by atoms with Crippen LogP contribution in [0.3, 0.4) is 0 Å². The number of hydrogen-bond donors (Lipinski definition) is 1. The third-order valence-corrected chi connectivity index (χ3v) is 4.15. The van der Waals surface area contributed by atoms with Crippen LogP contribution in [-0.4, -0.2) is 30.1 Å². The predicted octanol–water partition coefficient (Wildman–Crippen LogP) is 3.18. The highest BCUT2D eigenvalue weighted by Gasteiger charge is 2.21. The van der Waals surface area contributed by atoms with Crippen LogP contribution in [-0.2, 0) is 17.6 Å². The Morgan fingerprint density at radius 2 is 2.31 bits per heavy atom. The number of fused-ring (bicyclic) bond motifs is 1. The monoisotopic (exact) mass is 352 g/mol. The van der Waals surface area contributed by atoms with Crippen LogP contribution < -0.4 is 14.8 Å². The summed E-state index contributed by atoms with van der Waals surface area (Å²) in [5, 5.41) is 2.87. The Bertz CT molecular complexity index is 787.